The second-order valence-electron chi connectivity index (χ2n) is 1.63. The number of nitrogens with zero attached hydrogens (tertiary/aromatic N) is 1. The first-order valence-electron chi connectivity index (χ1n) is 2.42. The van der Waals surface area contributed by atoms with Crippen LogP contribution in [0.25, 0.3) is 0 Å². The number of rotatable bonds is 1. The average Bonchev–Trinajstić information content (AvgIpc) is 2.14. The number of carbonyl (C=O) groups excluding carboxylic acids is 1. The van der Waals surface area contributed by atoms with Crippen LogP contribution in [0.4, 0.5) is 0 Å². The lowest BCUT2D eigenvalue weighted by Gasteiger charge is -1.80. The molecule has 1 aromatic heterocycles. The number of ketones is 1. The molecule has 0 unspecified atom stereocenters. The van der Waals surface area contributed by atoms with Crippen molar-refractivity contribution in [3.05, 3.63) is 10.4 Å². The first-order chi connectivity index (χ1) is 4.20. The maximum Gasteiger partial charge on any atom is 0.188 e. The second-order valence-corrected chi connectivity index (χ2v) is 2.49. The normalized spacial score (nSPS) is 9.44. The van der Waals surface area contributed by atoms with Gasteiger partial charge < -0.3 is 0 Å². The fourth-order valence-corrected chi connectivity index (χ4v) is 1.06. The molecule has 0 aliphatic rings. The number of carbonyl (C=O) groups is 1. The summed E-state index contributed by atoms with van der Waals surface area (Å²) in [5, 5.41) is 2.13. The monoisotopic (exact) mass is 137 g/mol. The predicted octanol–water partition coefficient (Wildman–Crippen LogP) is 0.140. The zero-order valence-corrected chi connectivity index (χ0v) is 5.73. The Morgan fingerprint density at radius 3 is 2.78 bits per heavy atom. The van der Waals surface area contributed by atoms with E-state index in [4.69, 9.17) is 7.85 Å². The maximum atomic E-state index is 10.6. The Morgan fingerprint density at radius 2 is 2.56 bits per heavy atom. The minimum absolute atomic E-state index is 0.0308. The summed E-state index contributed by atoms with van der Waals surface area (Å²) in [6.45, 7) is 1.47. The molecule has 2 nitrogen and oxygen atoms in total. The predicted molar refractivity (Wildman–Crippen MR) is 37.5 cm³/mol. The van der Waals surface area contributed by atoms with Crippen molar-refractivity contribution < 1.29 is 4.79 Å². The van der Waals surface area contributed by atoms with Gasteiger partial charge in [-0.2, -0.15) is 0 Å². The molecule has 9 heavy (non-hydrogen) atoms. The van der Waals surface area contributed by atoms with Crippen LogP contribution < -0.4 is 5.59 Å². The van der Waals surface area contributed by atoms with Crippen LogP contribution >= 0.6 is 11.3 Å². The number of Topliss-reactive ketones (excluding diaryl/α,β-unsaturated/α-hetero) is 1. The van der Waals surface area contributed by atoms with Gasteiger partial charge in [-0.1, -0.05) is 0 Å². The van der Waals surface area contributed by atoms with Gasteiger partial charge in [0.2, 0.25) is 0 Å². The number of thiazole rings is 1. The van der Waals surface area contributed by atoms with Gasteiger partial charge >= 0.3 is 0 Å². The lowest BCUT2D eigenvalue weighted by Crippen LogP contribution is -2.03. The molecule has 0 saturated heterocycles. The Balaban J connectivity index is 2.98. The Labute approximate surface area is 58.3 Å². The number of aromatic nitrogens is 1. The van der Waals surface area contributed by atoms with Gasteiger partial charge in [0.1, 0.15) is 7.85 Å². The fraction of sp³-hybridized carbons (Fsp3) is 0.200. The van der Waals surface area contributed by atoms with Crippen LogP contribution in [0.3, 0.4) is 0 Å². The van der Waals surface area contributed by atoms with E-state index in [1.165, 1.54) is 18.3 Å². The molecular formula is C5H4BNOS. The van der Waals surface area contributed by atoms with Crippen molar-refractivity contribution in [3.63, 3.8) is 0 Å². The molecular weight excluding hydrogens is 133 g/mol. The summed E-state index contributed by atoms with van der Waals surface area (Å²) >= 11 is 1.27. The van der Waals surface area contributed by atoms with E-state index < -0.39 is 0 Å². The molecule has 0 saturated carbocycles. The summed E-state index contributed by atoms with van der Waals surface area (Å²) in [5.41, 5.74) is 0.421. The molecule has 0 fully saturated rings. The topological polar surface area (TPSA) is 30.0 Å². The smallest absolute Gasteiger partial charge is 0.188 e. The van der Waals surface area contributed by atoms with Gasteiger partial charge in [-0.15, -0.1) is 11.3 Å². The highest BCUT2D eigenvalue weighted by atomic mass is 32.1. The minimum atomic E-state index is -0.0308. The number of hydrogen-bond acceptors (Lipinski definition) is 3. The van der Waals surface area contributed by atoms with Gasteiger partial charge in [-0.05, 0) is 5.59 Å². The van der Waals surface area contributed by atoms with Gasteiger partial charge in [0.25, 0.3) is 0 Å². The van der Waals surface area contributed by atoms with Gasteiger partial charge in [0.15, 0.2) is 10.8 Å². The van der Waals surface area contributed by atoms with Gasteiger partial charge in [0.05, 0.1) is 0 Å². The molecule has 1 rings (SSSR count). The third-order valence-electron chi connectivity index (χ3n) is 0.823. The summed E-state index contributed by atoms with van der Waals surface area (Å²) in [6, 6.07) is 0. The van der Waals surface area contributed by atoms with Gasteiger partial charge in [0, 0.05) is 12.3 Å². The lowest BCUT2D eigenvalue weighted by atomic mass is 10.1. The molecule has 2 radical (unpaired) electrons. The lowest BCUT2D eigenvalue weighted by molar-refractivity contribution is 0.101. The van der Waals surface area contributed by atoms with Crippen molar-refractivity contribution in [2.75, 3.05) is 0 Å². The zero-order valence-electron chi connectivity index (χ0n) is 4.92. The van der Waals surface area contributed by atoms with Crippen molar-refractivity contribution in [1.82, 2.24) is 4.98 Å². The van der Waals surface area contributed by atoms with Crippen LogP contribution in [-0.2, 0) is 0 Å². The Morgan fingerprint density at radius 1 is 1.89 bits per heavy atom. The van der Waals surface area contributed by atoms with E-state index in [1.807, 2.05) is 0 Å². The standard InChI is InChI=1S/C5H4BNOS/c1-3(8)5-7-4(6)2-9-5/h2H,1H3. The molecule has 0 aliphatic heterocycles. The highest BCUT2D eigenvalue weighted by molar-refractivity contribution is 7.12. The van der Waals surface area contributed by atoms with Crippen LogP contribution in [0.2, 0.25) is 0 Å². The molecule has 4 heteroatoms. The van der Waals surface area contributed by atoms with Crippen molar-refractivity contribution in [2.24, 2.45) is 0 Å². The number of hydrogen-bond donors (Lipinski definition) is 0. The highest BCUT2D eigenvalue weighted by Gasteiger charge is 2.01. The average molecular weight is 137 g/mol. The largest absolute Gasteiger partial charge is 0.292 e. The van der Waals surface area contributed by atoms with E-state index in [0.29, 0.717) is 10.6 Å². The first-order valence-corrected chi connectivity index (χ1v) is 3.30. The Kier molecular flexibility index (Phi) is 1.66. The quantitative estimate of drug-likeness (QED) is 0.407. The summed E-state index contributed by atoms with van der Waals surface area (Å²) in [5.74, 6) is -0.0308. The second kappa shape index (κ2) is 2.31. The summed E-state index contributed by atoms with van der Waals surface area (Å²) in [6.07, 6.45) is 0. The molecule has 0 atom stereocenters. The summed E-state index contributed by atoms with van der Waals surface area (Å²) in [4.78, 5) is 14.3. The fourth-order valence-electron chi connectivity index (χ4n) is 0.448. The summed E-state index contributed by atoms with van der Waals surface area (Å²) in [7, 11) is 5.26. The van der Waals surface area contributed by atoms with Gasteiger partial charge in [-0.3, -0.25) is 4.79 Å². The Hall–Kier alpha value is -0.635. The van der Waals surface area contributed by atoms with Crippen molar-refractivity contribution in [1.29, 1.82) is 0 Å². The van der Waals surface area contributed by atoms with Gasteiger partial charge in [-0.25, -0.2) is 4.98 Å². The molecule has 44 valence electrons. The molecule has 0 aliphatic carbocycles. The molecule has 0 aromatic carbocycles. The van der Waals surface area contributed by atoms with Crippen LogP contribution in [0, 0.1) is 0 Å². The van der Waals surface area contributed by atoms with E-state index in [1.54, 1.807) is 5.38 Å². The zero-order chi connectivity index (χ0) is 6.85. The maximum absolute atomic E-state index is 10.6. The highest BCUT2D eigenvalue weighted by Crippen LogP contribution is 2.01. The van der Waals surface area contributed by atoms with Crippen molar-refractivity contribution >= 4 is 30.6 Å². The minimum Gasteiger partial charge on any atom is -0.292 e. The third kappa shape index (κ3) is 1.39. The Bertz CT molecular complexity index is 233. The molecule has 1 aromatic rings. The van der Waals surface area contributed by atoms with Crippen LogP contribution in [0.5, 0.6) is 0 Å². The SMILES string of the molecule is [B]c1csc(C(C)=O)n1. The van der Waals surface area contributed by atoms with E-state index >= 15 is 0 Å². The molecule has 0 spiro atoms. The van der Waals surface area contributed by atoms with Crippen molar-refractivity contribution in [2.45, 2.75) is 6.92 Å². The van der Waals surface area contributed by atoms with Crippen molar-refractivity contribution in [3.8, 4) is 0 Å². The van der Waals surface area contributed by atoms with E-state index in [-0.39, 0.29) is 5.78 Å². The van der Waals surface area contributed by atoms with E-state index in [2.05, 4.69) is 4.98 Å². The van der Waals surface area contributed by atoms with Crippen LogP contribution in [0.15, 0.2) is 5.38 Å². The van der Waals surface area contributed by atoms with Crippen LogP contribution in [-0.4, -0.2) is 18.6 Å². The summed E-state index contributed by atoms with van der Waals surface area (Å²) < 4.78 is 0. The third-order valence-corrected chi connectivity index (χ3v) is 1.78. The first kappa shape index (κ1) is 6.48. The van der Waals surface area contributed by atoms with E-state index in [0.717, 1.165) is 0 Å². The molecule has 1 heterocycles. The molecule has 0 amide bonds. The van der Waals surface area contributed by atoms with E-state index in [9.17, 15) is 4.79 Å². The van der Waals surface area contributed by atoms with Crippen LogP contribution in [0.1, 0.15) is 16.7 Å². The molecule has 0 N–H and O–H groups in total. The molecule has 0 bridgehead atoms.